The molecule has 3 heterocycles. The van der Waals surface area contributed by atoms with Gasteiger partial charge in [-0.2, -0.15) is 0 Å². The summed E-state index contributed by atoms with van der Waals surface area (Å²) in [6.07, 6.45) is 1.83. The van der Waals surface area contributed by atoms with Gasteiger partial charge in [0.05, 0.1) is 28.0 Å². The van der Waals surface area contributed by atoms with E-state index in [4.69, 9.17) is 14.4 Å². The normalized spacial score (nSPS) is 12.4. The highest BCUT2D eigenvalue weighted by molar-refractivity contribution is 6.14. The van der Waals surface area contributed by atoms with Crippen LogP contribution in [0.1, 0.15) is 52.7 Å². The number of rotatable bonds is 4. The molecule has 1 N–H and O–H groups in total. The summed E-state index contributed by atoms with van der Waals surface area (Å²) in [7, 11) is 0. The van der Waals surface area contributed by atoms with Crippen LogP contribution in [-0.2, 0) is 10.8 Å². The van der Waals surface area contributed by atoms with Crippen molar-refractivity contribution in [2.75, 3.05) is 0 Å². The van der Waals surface area contributed by atoms with Crippen molar-refractivity contribution in [1.29, 1.82) is 0 Å². The first-order valence-electron chi connectivity index (χ1n) is 18.2. The maximum atomic E-state index is 12.2. The Kier molecular flexibility index (Phi) is 7.35. The lowest BCUT2D eigenvalue weighted by Crippen LogP contribution is -2.17. The molecule has 0 aliphatic carbocycles. The molecule has 9 rings (SSSR count). The van der Waals surface area contributed by atoms with Gasteiger partial charge in [-0.05, 0) is 75.9 Å². The molecule has 0 atom stereocenters. The van der Waals surface area contributed by atoms with Crippen molar-refractivity contribution in [1.82, 2.24) is 14.5 Å². The number of fused-ring (bicyclic) bond motifs is 5. The van der Waals surface area contributed by atoms with Gasteiger partial charge >= 0.3 is 0 Å². The van der Waals surface area contributed by atoms with Crippen LogP contribution in [0.25, 0.3) is 83.2 Å². The van der Waals surface area contributed by atoms with Crippen molar-refractivity contribution in [3.63, 3.8) is 0 Å². The van der Waals surface area contributed by atoms with Crippen molar-refractivity contribution >= 4 is 43.7 Å². The summed E-state index contributed by atoms with van der Waals surface area (Å²) >= 11 is 0. The number of imidazole rings is 1. The van der Waals surface area contributed by atoms with Crippen LogP contribution in [0.5, 0.6) is 5.75 Å². The van der Waals surface area contributed by atoms with Crippen LogP contribution in [0.15, 0.2) is 138 Å². The number of aromatic nitrogens is 3. The lowest BCUT2D eigenvalue weighted by atomic mass is 9.79. The van der Waals surface area contributed by atoms with Gasteiger partial charge in [-0.25, -0.2) is 4.98 Å². The second-order valence-electron chi connectivity index (χ2n) is 16.1. The Morgan fingerprint density at radius 3 is 2.13 bits per heavy atom. The standard InChI is InChI=1S/C48H41N3O2/c1-47(2,3)31-27-36(45(52)37(28-31)48(4,5)6)46-50-44-33(19-14-22-40(44)51(46)39-21-13-16-29-15-7-8-17-32(29)39)30-25-35(38-20-11-12-24-49-38)43-34-18-9-10-23-41(34)53-42(43)26-30/h7-28,52H,1-6H3. The molecule has 9 aromatic rings. The fourth-order valence-electron chi connectivity index (χ4n) is 7.70. The van der Waals surface area contributed by atoms with Gasteiger partial charge in [0.2, 0.25) is 0 Å². The van der Waals surface area contributed by atoms with Crippen LogP contribution in [0, 0.1) is 0 Å². The summed E-state index contributed by atoms with van der Waals surface area (Å²) in [6.45, 7) is 13.1. The average molecular weight is 692 g/mol. The Hall–Kier alpha value is -6.20. The molecule has 0 saturated carbocycles. The first-order valence-corrected chi connectivity index (χ1v) is 18.2. The van der Waals surface area contributed by atoms with Crippen LogP contribution in [-0.4, -0.2) is 19.6 Å². The number of aromatic hydroxyl groups is 1. The van der Waals surface area contributed by atoms with Crippen LogP contribution < -0.4 is 0 Å². The summed E-state index contributed by atoms with van der Waals surface area (Å²) in [5.41, 5.74) is 10.5. The van der Waals surface area contributed by atoms with Gasteiger partial charge in [0.25, 0.3) is 0 Å². The number of nitrogens with zero attached hydrogens (tertiary/aromatic N) is 3. The molecular formula is C48H41N3O2. The summed E-state index contributed by atoms with van der Waals surface area (Å²) in [5.74, 6) is 0.942. The van der Waals surface area contributed by atoms with E-state index in [2.05, 4.69) is 137 Å². The second-order valence-corrected chi connectivity index (χ2v) is 16.1. The number of benzene rings is 6. The molecule has 0 aliphatic heterocycles. The number of phenols is 1. The quantitative estimate of drug-likeness (QED) is 0.199. The lowest BCUT2D eigenvalue weighted by Gasteiger charge is -2.27. The number of hydrogen-bond acceptors (Lipinski definition) is 4. The molecule has 0 fully saturated rings. The Balaban J connectivity index is 1.40. The van der Waals surface area contributed by atoms with Crippen LogP contribution in [0.2, 0.25) is 0 Å². The van der Waals surface area contributed by atoms with E-state index < -0.39 is 0 Å². The molecular weight excluding hydrogens is 651 g/mol. The molecule has 260 valence electrons. The predicted molar refractivity (Wildman–Crippen MR) is 219 cm³/mol. The van der Waals surface area contributed by atoms with Gasteiger partial charge in [0, 0.05) is 39.0 Å². The van der Waals surface area contributed by atoms with E-state index in [1.807, 2.05) is 42.6 Å². The number of furan rings is 1. The minimum absolute atomic E-state index is 0.159. The highest BCUT2D eigenvalue weighted by Gasteiger charge is 2.29. The summed E-state index contributed by atoms with van der Waals surface area (Å²) in [6, 6.07) is 44.0. The molecule has 0 saturated heterocycles. The van der Waals surface area contributed by atoms with E-state index in [1.165, 1.54) is 0 Å². The monoisotopic (exact) mass is 691 g/mol. The van der Waals surface area contributed by atoms with Crippen molar-refractivity contribution < 1.29 is 9.52 Å². The topological polar surface area (TPSA) is 64.1 Å². The zero-order valence-electron chi connectivity index (χ0n) is 30.9. The summed E-state index contributed by atoms with van der Waals surface area (Å²) in [5, 5.41) is 16.6. The minimum Gasteiger partial charge on any atom is -0.507 e. The molecule has 0 bridgehead atoms. The van der Waals surface area contributed by atoms with E-state index in [9.17, 15) is 5.11 Å². The molecule has 5 nitrogen and oxygen atoms in total. The SMILES string of the molecule is CC(C)(C)c1cc(-c2nc3c(-c4cc(-c5ccccn5)c5c(c4)oc4ccccc45)cccc3n2-c2cccc3ccccc23)c(O)c(C(C)(C)C)c1. The number of phenolic OH excluding ortho intramolecular Hbond substituents is 1. The van der Waals surface area contributed by atoms with Gasteiger partial charge < -0.3 is 9.52 Å². The zero-order valence-corrected chi connectivity index (χ0v) is 30.9. The molecule has 5 heteroatoms. The third-order valence-corrected chi connectivity index (χ3v) is 10.4. The van der Waals surface area contributed by atoms with E-state index in [0.29, 0.717) is 11.4 Å². The summed E-state index contributed by atoms with van der Waals surface area (Å²) < 4.78 is 8.75. The molecule has 0 aliphatic rings. The van der Waals surface area contributed by atoms with Crippen LogP contribution >= 0.6 is 0 Å². The highest BCUT2D eigenvalue weighted by Crippen LogP contribution is 2.46. The molecule has 0 unspecified atom stereocenters. The molecule has 6 aromatic carbocycles. The van der Waals surface area contributed by atoms with Gasteiger partial charge in [-0.3, -0.25) is 9.55 Å². The molecule has 0 radical (unpaired) electrons. The van der Waals surface area contributed by atoms with Crippen molar-refractivity contribution in [3.05, 3.63) is 145 Å². The lowest BCUT2D eigenvalue weighted by molar-refractivity contribution is 0.446. The van der Waals surface area contributed by atoms with E-state index in [1.54, 1.807) is 0 Å². The Labute approximate surface area is 309 Å². The first-order chi connectivity index (χ1) is 25.5. The van der Waals surface area contributed by atoms with Crippen molar-refractivity contribution in [3.8, 4) is 45.2 Å². The van der Waals surface area contributed by atoms with Crippen LogP contribution in [0.3, 0.4) is 0 Å². The number of para-hydroxylation sites is 2. The second kappa shape index (κ2) is 11.9. The fourth-order valence-corrected chi connectivity index (χ4v) is 7.70. The highest BCUT2D eigenvalue weighted by atomic mass is 16.3. The maximum Gasteiger partial charge on any atom is 0.149 e. The van der Waals surface area contributed by atoms with Gasteiger partial charge in [0.15, 0.2) is 0 Å². The summed E-state index contributed by atoms with van der Waals surface area (Å²) in [4.78, 5) is 10.3. The third kappa shape index (κ3) is 5.38. The Morgan fingerprint density at radius 1 is 0.623 bits per heavy atom. The van der Waals surface area contributed by atoms with Gasteiger partial charge in [0.1, 0.15) is 22.7 Å². The third-order valence-electron chi connectivity index (χ3n) is 10.4. The molecule has 3 aromatic heterocycles. The zero-order chi connectivity index (χ0) is 36.6. The van der Waals surface area contributed by atoms with Crippen LogP contribution in [0.4, 0.5) is 0 Å². The Morgan fingerprint density at radius 2 is 1.36 bits per heavy atom. The maximum absolute atomic E-state index is 12.2. The minimum atomic E-state index is -0.300. The van der Waals surface area contributed by atoms with Gasteiger partial charge in [-0.1, -0.05) is 120 Å². The van der Waals surface area contributed by atoms with E-state index in [-0.39, 0.29) is 16.6 Å². The molecule has 0 spiro atoms. The average Bonchev–Trinajstić information content (AvgIpc) is 3.72. The largest absolute Gasteiger partial charge is 0.507 e. The Bertz CT molecular complexity index is 2860. The number of hydrogen-bond donors (Lipinski definition) is 1. The first kappa shape index (κ1) is 32.7. The van der Waals surface area contributed by atoms with Gasteiger partial charge in [-0.15, -0.1) is 0 Å². The van der Waals surface area contributed by atoms with Crippen molar-refractivity contribution in [2.24, 2.45) is 0 Å². The smallest absolute Gasteiger partial charge is 0.149 e. The molecule has 0 amide bonds. The predicted octanol–water partition coefficient (Wildman–Crippen LogP) is 12.8. The molecule has 53 heavy (non-hydrogen) atoms. The fraction of sp³-hybridized carbons (Fsp3) is 0.167. The van der Waals surface area contributed by atoms with E-state index >= 15 is 0 Å². The van der Waals surface area contributed by atoms with Crippen molar-refractivity contribution in [2.45, 2.75) is 52.4 Å². The van der Waals surface area contributed by atoms with E-state index in [0.717, 1.165) is 82.9 Å². The number of pyridine rings is 1.